The monoisotopic (exact) mass is 379 g/mol. The molecule has 0 radical (unpaired) electrons. The number of carbonyl (C=O) groups excluding carboxylic acids is 1. The van der Waals surface area contributed by atoms with Crippen LogP contribution in [0.2, 0.25) is 0 Å². The van der Waals surface area contributed by atoms with E-state index in [1.807, 2.05) is 37.4 Å². The first-order valence-corrected chi connectivity index (χ1v) is 8.41. The fourth-order valence-electron chi connectivity index (χ4n) is 2.56. The van der Waals surface area contributed by atoms with Crippen molar-refractivity contribution in [3.63, 3.8) is 0 Å². The van der Waals surface area contributed by atoms with Gasteiger partial charge >= 0.3 is 0 Å². The predicted octanol–water partition coefficient (Wildman–Crippen LogP) is 1.07. The van der Waals surface area contributed by atoms with Crippen LogP contribution >= 0.6 is 0 Å². The van der Waals surface area contributed by atoms with Gasteiger partial charge in [-0.25, -0.2) is 4.68 Å². The van der Waals surface area contributed by atoms with Gasteiger partial charge in [0.25, 0.3) is 11.9 Å². The summed E-state index contributed by atoms with van der Waals surface area (Å²) < 4.78 is 8.39. The van der Waals surface area contributed by atoms with Gasteiger partial charge in [0.2, 0.25) is 5.82 Å². The maximum Gasteiger partial charge on any atom is 0.289 e. The Bertz CT molecular complexity index is 1070. The molecule has 28 heavy (non-hydrogen) atoms. The summed E-state index contributed by atoms with van der Waals surface area (Å²) in [5, 5.41) is 21.2. The van der Waals surface area contributed by atoms with Crippen LogP contribution in [-0.2, 0) is 0 Å². The van der Waals surface area contributed by atoms with E-state index in [2.05, 4.69) is 35.8 Å². The van der Waals surface area contributed by atoms with E-state index >= 15 is 0 Å². The number of aromatic nitrogens is 8. The Labute approximate surface area is 159 Å². The Balaban J connectivity index is 1.44. The predicted molar refractivity (Wildman–Crippen MR) is 97.3 cm³/mol. The number of carbonyl (C=O) groups is 1. The normalized spacial score (nSPS) is 11.9. The molecule has 142 valence electrons. The third kappa shape index (κ3) is 3.45. The van der Waals surface area contributed by atoms with E-state index in [0.717, 1.165) is 17.0 Å². The van der Waals surface area contributed by atoms with E-state index in [1.165, 1.54) is 17.2 Å². The molecule has 0 aliphatic heterocycles. The lowest BCUT2D eigenvalue weighted by molar-refractivity contribution is 0.0930. The number of ether oxygens (including phenoxy) is 1. The number of nitrogens with zero attached hydrogens (tertiary/aromatic N) is 7. The van der Waals surface area contributed by atoms with Gasteiger partial charge in [-0.3, -0.25) is 14.5 Å². The SMILES string of the molecule is COc1ccc(-n2cc(C(C)NC(=O)c3nc(-n4cnnc4)n[nH]3)cn2)cc1. The van der Waals surface area contributed by atoms with Crippen LogP contribution in [0.1, 0.15) is 29.1 Å². The summed E-state index contributed by atoms with van der Waals surface area (Å²) in [5.74, 6) is 0.777. The zero-order valence-corrected chi connectivity index (χ0v) is 15.1. The van der Waals surface area contributed by atoms with Gasteiger partial charge in [-0.2, -0.15) is 10.1 Å². The molecule has 1 atom stereocenters. The molecule has 0 spiro atoms. The first-order valence-electron chi connectivity index (χ1n) is 8.41. The number of aromatic amines is 1. The largest absolute Gasteiger partial charge is 0.497 e. The second kappa shape index (κ2) is 7.31. The average molecular weight is 379 g/mol. The van der Waals surface area contributed by atoms with Gasteiger partial charge in [0.15, 0.2) is 0 Å². The van der Waals surface area contributed by atoms with E-state index in [4.69, 9.17) is 4.74 Å². The average Bonchev–Trinajstić information content (AvgIpc) is 3.49. The van der Waals surface area contributed by atoms with Crippen molar-refractivity contribution >= 4 is 5.91 Å². The van der Waals surface area contributed by atoms with E-state index in [9.17, 15) is 4.79 Å². The molecule has 3 heterocycles. The number of methoxy groups -OCH3 is 1. The van der Waals surface area contributed by atoms with Crippen LogP contribution in [0, 0.1) is 0 Å². The maximum atomic E-state index is 12.4. The third-order valence-electron chi connectivity index (χ3n) is 4.13. The number of hydrogen-bond acceptors (Lipinski definition) is 7. The molecule has 11 heteroatoms. The van der Waals surface area contributed by atoms with E-state index in [1.54, 1.807) is 18.0 Å². The zero-order valence-electron chi connectivity index (χ0n) is 15.1. The first kappa shape index (κ1) is 17.4. The summed E-state index contributed by atoms with van der Waals surface area (Å²) in [6.45, 7) is 1.87. The van der Waals surface area contributed by atoms with Crippen LogP contribution in [0.25, 0.3) is 11.6 Å². The quantitative estimate of drug-likeness (QED) is 0.513. The zero-order chi connectivity index (χ0) is 19.5. The summed E-state index contributed by atoms with van der Waals surface area (Å²) >= 11 is 0. The van der Waals surface area contributed by atoms with Crippen LogP contribution in [0.4, 0.5) is 0 Å². The molecule has 11 nitrogen and oxygen atoms in total. The number of hydrogen-bond donors (Lipinski definition) is 2. The van der Waals surface area contributed by atoms with E-state index in [0.29, 0.717) is 0 Å². The summed E-state index contributed by atoms with van der Waals surface area (Å²) in [6.07, 6.45) is 6.45. The number of nitrogens with one attached hydrogen (secondary N) is 2. The summed E-state index contributed by atoms with van der Waals surface area (Å²) in [5.41, 5.74) is 1.74. The Morgan fingerprint density at radius 2 is 1.96 bits per heavy atom. The number of rotatable bonds is 6. The van der Waals surface area contributed by atoms with Gasteiger partial charge in [0, 0.05) is 11.8 Å². The first-order chi connectivity index (χ1) is 13.6. The van der Waals surface area contributed by atoms with Crippen LogP contribution in [0.5, 0.6) is 5.75 Å². The van der Waals surface area contributed by atoms with Crippen molar-refractivity contribution in [3.05, 3.63) is 60.7 Å². The highest BCUT2D eigenvalue weighted by Gasteiger charge is 2.17. The number of amides is 1. The molecule has 0 saturated carbocycles. The second-order valence-electron chi connectivity index (χ2n) is 5.96. The summed E-state index contributed by atoms with van der Waals surface area (Å²) in [7, 11) is 1.62. The van der Waals surface area contributed by atoms with Gasteiger partial charge in [0.05, 0.1) is 25.0 Å². The Morgan fingerprint density at radius 1 is 1.21 bits per heavy atom. The lowest BCUT2D eigenvalue weighted by Crippen LogP contribution is -2.27. The standard InChI is InChI=1S/C17H17N9O2/c1-11(12-7-20-26(8-12)13-3-5-14(28-2)6-4-13)21-16(27)15-22-17(24-23-15)25-9-18-19-10-25/h3-11H,1-2H3,(H,21,27)(H,22,23,24). The van der Waals surface area contributed by atoms with Gasteiger partial charge < -0.3 is 10.1 Å². The van der Waals surface area contributed by atoms with Gasteiger partial charge in [0.1, 0.15) is 18.4 Å². The molecule has 0 fully saturated rings. The fraction of sp³-hybridized carbons (Fsp3) is 0.176. The Morgan fingerprint density at radius 3 is 2.68 bits per heavy atom. The third-order valence-corrected chi connectivity index (χ3v) is 4.13. The molecule has 4 aromatic rings. The Hall–Kier alpha value is -4.02. The molecule has 0 aliphatic rings. The minimum Gasteiger partial charge on any atom is -0.497 e. The molecule has 3 aromatic heterocycles. The fourth-order valence-corrected chi connectivity index (χ4v) is 2.56. The smallest absolute Gasteiger partial charge is 0.289 e. The van der Waals surface area contributed by atoms with Crippen molar-refractivity contribution in [1.82, 2.24) is 45.0 Å². The van der Waals surface area contributed by atoms with Crippen LogP contribution in [0.3, 0.4) is 0 Å². The van der Waals surface area contributed by atoms with E-state index in [-0.39, 0.29) is 23.7 Å². The van der Waals surface area contributed by atoms with Crippen LogP contribution in [0.15, 0.2) is 49.3 Å². The summed E-state index contributed by atoms with van der Waals surface area (Å²) in [4.78, 5) is 16.6. The highest BCUT2D eigenvalue weighted by molar-refractivity contribution is 5.90. The van der Waals surface area contributed by atoms with E-state index < -0.39 is 0 Å². The highest BCUT2D eigenvalue weighted by atomic mass is 16.5. The van der Waals surface area contributed by atoms with Crippen molar-refractivity contribution in [1.29, 1.82) is 0 Å². The highest BCUT2D eigenvalue weighted by Crippen LogP contribution is 2.17. The minimum absolute atomic E-state index is 0.0955. The van der Waals surface area contributed by atoms with Crippen LogP contribution in [-0.4, -0.2) is 52.7 Å². The van der Waals surface area contributed by atoms with Gasteiger partial charge in [-0.15, -0.1) is 15.3 Å². The van der Waals surface area contributed by atoms with Gasteiger partial charge in [-0.1, -0.05) is 0 Å². The molecule has 4 rings (SSSR count). The van der Waals surface area contributed by atoms with Crippen molar-refractivity contribution in [3.8, 4) is 17.4 Å². The molecular weight excluding hydrogens is 362 g/mol. The molecule has 0 bridgehead atoms. The molecular formula is C17H17N9O2. The molecule has 0 aliphatic carbocycles. The molecule has 1 aromatic carbocycles. The number of H-pyrrole nitrogens is 1. The Kier molecular flexibility index (Phi) is 4.54. The van der Waals surface area contributed by atoms with Crippen molar-refractivity contribution < 1.29 is 9.53 Å². The minimum atomic E-state index is -0.378. The second-order valence-corrected chi connectivity index (χ2v) is 5.96. The maximum absolute atomic E-state index is 12.4. The molecule has 0 saturated heterocycles. The topological polar surface area (TPSA) is 128 Å². The van der Waals surface area contributed by atoms with Gasteiger partial charge in [-0.05, 0) is 31.2 Å². The lowest BCUT2D eigenvalue weighted by Gasteiger charge is -2.10. The number of benzene rings is 1. The van der Waals surface area contributed by atoms with Crippen LogP contribution < -0.4 is 10.1 Å². The van der Waals surface area contributed by atoms with Crippen molar-refractivity contribution in [2.24, 2.45) is 0 Å². The molecule has 2 N–H and O–H groups in total. The molecule has 1 unspecified atom stereocenters. The van der Waals surface area contributed by atoms with Crippen molar-refractivity contribution in [2.45, 2.75) is 13.0 Å². The van der Waals surface area contributed by atoms with Crippen molar-refractivity contribution in [2.75, 3.05) is 7.11 Å². The molecule has 1 amide bonds. The lowest BCUT2D eigenvalue weighted by atomic mass is 10.2. The summed E-state index contributed by atoms with van der Waals surface area (Å²) in [6, 6.07) is 7.25.